The van der Waals surface area contributed by atoms with E-state index in [-0.39, 0.29) is 30.2 Å². The molecule has 1 aliphatic rings. The first kappa shape index (κ1) is 19.2. The standard InChI is InChI=1S/C15H28N4O4/c1-4-8(5-2)12(18-7(3)20)11-10(19-15(16)17)6-9(13(11)21)14(22)23/h8-13,21H,4-6H2,1-3H3,(H,18,20)(H,22,23)(H4,16,17,19)/t9-,10-,11-,12-,13+/m1/s1. The van der Waals surface area contributed by atoms with E-state index in [1.54, 1.807) is 0 Å². The molecular formula is C15H28N4O4. The monoisotopic (exact) mass is 328 g/mol. The molecule has 1 saturated carbocycles. The molecule has 0 bridgehead atoms. The van der Waals surface area contributed by atoms with E-state index in [1.807, 2.05) is 13.8 Å². The summed E-state index contributed by atoms with van der Waals surface area (Å²) < 4.78 is 0. The van der Waals surface area contributed by atoms with E-state index in [0.29, 0.717) is 0 Å². The number of carbonyl (C=O) groups is 2. The number of amides is 1. The molecule has 0 saturated heterocycles. The number of carboxylic acids is 1. The summed E-state index contributed by atoms with van der Waals surface area (Å²) in [5.41, 5.74) is 10.9. The van der Waals surface area contributed by atoms with E-state index in [2.05, 4.69) is 10.3 Å². The average molecular weight is 328 g/mol. The first-order chi connectivity index (χ1) is 10.7. The minimum absolute atomic E-state index is 0.0998. The molecule has 0 radical (unpaired) electrons. The number of aliphatic hydroxyl groups is 1. The van der Waals surface area contributed by atoms with E-state index in [4.69, 9.17) is 11.5 Å². The number of aliphatic imine (C=N–C) groups is 1. The summed E-state index contributed by atoms with van der Waals surface area (Å²) in [6.07, 6.45) is 0.612. The van der Waals surface area contributed by atoms with Crippen LogP contribution in [0.1, 0.15) is 40.0 Å². The zero-order chi connectivity index (χ0) is 17.7. The predicted octanol–water partition coefficient (Wildman–Crippen LogP) is -0.349. The van der Waals surface area contributed by atoms with E-state index in [9.17, 15) is 19.8 Å². The molecule has 0 aromatic rings. The van der Waals surface area contributed by atoms with Crippen molar-refractivity contribution in [2.75, 3.05) is 0 Å². The van der Waals surface area contributed by atoms with Crippen molar-refractivity contribution in [1.29, 1.82) is 0 Å². The zero-order valence-corrected chi connectivity index (χ0v) is 13.9. The number of nitrogens with zero attached hydrogens (tertiary/aromatic N) is 1. The summed E-state index contributed by atoms with van der Waals surface area (Å²) in [5.74, 6) is -2.84. The van der Waals surface area contributed by atoms with Gasteiger partial charge in [0.1, 0.15) is 0 Å². The molecule has 0 aromatic heterocycles. The third-order valence-corrected chi connectivity index (χ3v) is 4.72. The Morgan fingerprint density at radius 1 is 1.30 bits per heavy atom. The summed E-state index contributed by atoms with van der Waals surface area (Å²) in [5, 5.41) is 22.7. The summed E-state index contributed by atoms with van der Waals surface area (Å²) in [6, 6.07) is -0.913. The number of rotatable bonds is 7. The molecule has 1 aliphatic carbocycles. The van der Waals surface area contributed by atoms with Crippen molar-refractivity contribution in [3.63, 3.8) is 0 Å². The molecule has 0 aromatic carbocycles. The Morgan fingerprint density at radius 2 is 1.87 bits per heavy atom. The topological polar surface area (TPSA) is 151 Å². The third kappa shape index (κ3) is 4.57. The van der Waals surface area contributed by atoms with Crippen molar-refractivity contribution in [1.82, 2.24) is 5.32 Å². The third-order valence-electron chi connectivity index (χ3n) is 4.72. The van der Waals surface area contributed by atoms with Crippen LogP contribution in [0, 0.1) is 17.8 Å². The van der Waals surface area contributed by atoms with Crippen molar-refractivity contribution in [2.45, 2.75) is 58.2 Å². The van der Waals surface area contributed by atoms with Crippen LogP contribution in [-0.2, 0) is 9.59 Å². The van der Waals surface area contributed by atoms with Crippen LogP contribution in [-0.4, -0.2) is 46.2 Å². The van der Waals surface area contributed by atoms with Gasteiger partial charge in [-0.3, -0.25) is 9.59 Å². The van der Waals surface area contributed by atoms with Gasteiger partial charge in [-0.2, -0.15) is 0 Å². The van der Waals surface area contributed by atoms with E-state index in [0.717, 1.165) is 12.8 Å². The number of nitrogens with one attached hydrogen (secondary N) is 1. The van der Waals surface area contributed by atoms with Crippen LogP contribution < -0.4 is 16.8 Å². The number of carbonyl (C=O) groups excluding carboxylic acids is 1. The summed E-state index contributed by atoms with van der Waals surface area (Å²) in [7, 11) is 0. The second-order valence-electron chi connectivity index (χ2n) is 6.17. The maximum Gasteiger partial charge on any atom is 0.309 e. The van der Waals surface area contributed by atoms with Crippen LogP contribution in [0.25, 0.3) is 0 Å². The van der Waals surface area contributed by atoms with Gasteiger partial charge in [-0.1, -0.05) is 26.7 Å². The summed E-state index contributed by atoms with van der Waals surface area (Å²) in [6.45, 7) is 5.39. The number of hydrogen-bond donors (Lipinski definition) is 5. The van der Waals surface area contributed by atoms with Gasteiger partial charge in [-0.25, -0.2) is 4.99 Å². The number of carboxylic acid groups (broad SMARTS) is 1. The summed E-state index contributed by atoms with van der Waals surface area (Å²) in [4.78, 5) is 27.1. The van der Waals surface area contributed by atoms with Crippen LogP contribution in [0.2, 0.25) is 0 Å². The molecular weight excluding hydrogens is 300 g/mol. The van der Waals surface area contributed by atoms with Crippen LogP contribution in [0.5, 0.6) is 0 Å². The SMILES string of the molecule is CCC(CC)[C@@H](NC(C)=O)[C@@H]1[C@@H](O)[C@H](C(=O)O)C[C@H]1N=C(N)N. The van der Waals surface area contributed by atoms with Gasteiger partial charge in [0.25, 0.3) is 0 Å². The lowest BCUT2D eigenvalue weighted by Crippen LogP contribution is -2.51. The number of aliphatic hydroxyl groups excluding tert-OH is 1. The number of aliphatic carboxylic acids is 1. The van der Waals surface area contributed by atoms with Gasteiger partial charge in [-0.05, 0) is 12.3 Å². The number of guanidine groups is 1. The van der Waals surface area contributed by atoms with Gasteiger partial charge in [0.15, 0.2) is 5.96 Å². The van der Waals surface area contributed by atoms with Gasteiger partial charge in [-0.15, -0.1) is 0 Å². The van der Waals surface area contributed by atoms with Crippen LogP contribution in [0.4, 0.5) is 0 Å². The maximum absolute atomic E-state index is 11.6. The largest absolute Gasteiger partial charge is 0.481 e. The lowest BCUT2D eigenvalue weighted by atomic mass is 9.80. The fraction of sp³-hybridized carbons (Fsp3) is 0.800. The Balaban J connectivity index is 3.23. The predicted molar refractivity (Wildman–Crippen MR) is 86.5 cm³/mol. The minimum atomic E-state index is -1.11. The van der Waals surface area contributed by atoms with Crippen LogP contribution in [0.15, 0.2) is 4.99 Å². The smallest absolute Gasteiger partial charge is 0.309 e. The highest BCUT2D eigenvalue weighted by Gasteiger charge is 2.50. The molecule has 0 spiro atoms. The summed E-state index contributed by atoms with van der Waals surface area (Å²) >= 11 is 0. The second kappa shape index (κ2) is 8.14. The fourth-order valence-electron chi connectivity index (χ4n) is 3.64. The average Bonchev–Trinajstić information content (AvgIpc) is 2.74. The molecule has 0 heterocycles. The van der Waals surface area contributed by atoms with Crippen molar-refractivity contribution < 1.29 is 19.8 Å². The van der Waals surface area contributed by atoms with Gasteiger partial charge in [0.2, 0.25) is 5.91 Å². The van der Waals surface area contributed by atoms with Crippen LogP contribution in [0.3, 0.4) is 0 Å². The molecule has 8 nitrogen and oxygen atoms in total. The van der Waals surface area contributed by atoms with Crippen molar-refractivity contribution >= 4 is 17.8 Å². The quantitative estimate of drug-likeness (QED) is 0.318. The van der Waals surface area contributed by atoms with Crippen molar-refractivity contribution in [3.8, 4) is 0 Å². The van der Waals surface area contributed by atoms with E-state index < -0.39 is 30.0 Å². The van der Waals surface area contributed by atoms with E-state index >= 15 is 0 Å². The lowest BCUT2D eigenvalue weighted by Gasteiger charge is -2.35. The molecule has 1 fully saturated rings. The number of nitrogens with two attached hydrogens (primary N) is 2. The van der Waals surface area contributed by atoms with Crippen LogP contribution >= 0.6 is 0 Å². The molecule has 0 unspecified atom stereocenters. The van der Waals surface area contributed by atoms with Gasteiger partial charge in [0, 0.05) is 18.9 Å². The van der Waals surface area contributed by atoms with Crippen molar-refractivity contribution in [3.05, 3.63) is 0 Å². The van der Waals surface area contributed by atoms with Gasteiger partial charge in [0.05, 0.1) is 18.1 Å². The lowest BCUT2D eigenvalue weighted by molar-refractivity contribution is -0.145. The molecule has 8 heteroatoms. The Labute approximate surface area is 136 Å². The molecule has 1 rings (SSSR count). The second-order valence-corrected chi connectivity index (χ2v) is 6.17. The zero-order valence-electron chi connectivity index (χ0n) is 13.9. The Kier molecular flexibility index (Phi) is 6.80. The van der Waals surface area contributed by atoms with Gasteiger partial charge >= 0.3 is 5.97 Å². The normalized spacial score (nSPS) is 28.4. The molecule has 5 atom stereocenters. The molecule has 0 aliphatic heterocycles. The molecule has 1 amide bonds. The molecule has 132 valence electrons. The fourth-order valence-corrected chi connectivity index (χ4v) is 3.64. The van der Waals surface area contributed by atoms with E-state index in [1.165, 1.54) is 6.92 Å². The molecule has 23 heavy (non-hydrogen) atoms. The highest BCUT2D eigenvalue weighted by Crippen LogP contribution is 2.39. The van der Waals surface area contributed by atoms with Gasteiger partial charge < -0.3 is 27.0 Å². The Hall–Kier alpha value is -1.83. The highest BCUT2D eigenvalue weighted by molar-refractivity contribution is 5.76. The Morgan fingerprint density at radius 3 is 2.26 bits per heavy atom. The Bertz CT molecular complexity index is 460. The first-order valence-corrected chi connectivity index (χ1v) is 7.99. The minimum Gasteiger partial charge on any atom is -0.481 e. The van der Waals surface area contributed by atoms with Crippen molar-refractivity contribution in [2.24, 2.45) is 34.2 Å². The first-order valence-electron chi connectivity index (χ1n) is 7.99. The maximum atomic E-state index is 11.6. The highest BCUT2D eigenvalue weighted by atomic mass is 16.4. The molecule has 7 N–H and O–H groups in total. The number of hydrogen-bond acceptors (Lipinski definition) is 4.